The summed E-state index contributed by atoms with van der Waals surface area (Å²) >= 11 is 5.82. The zero-order valence-electron chi connectivity index (χ0n) is 7.81. The van der Waals surface area contributed by atoms with Crippen molar-refractivity contribution in [3.8, 4) is 0 Å². The van der Waals surface area contributed by atoms with Crippen molar-refractivity contribution in [2.24, 2.45) is 0 Å². The minimum Gasteiger partial charge on any atom is -0.397 e. The first-order valence-electron chi connectivity index (χ1n) is 4.21. The molecule has 2 nitrogen and oxygen atoms in total. The SMILES string of the molecule is Cc1nc2cc(F)cc(F)c2c(N)c1Cl. The molecule has 0 atom stereocenters. The van der Waals surface area contributed by atoms with Gasteiger partial charge in [0.05, 0.1) is 27.3 Å². The molecule has 0 aliphatic rings. The number of aryl methyl sites for hydroxylation is 1. The lowest BCUT2D eigenvalue weighted by Gasteiger charge is -2.07. The van der Waals surface area contributed by atoms with Gasteiger partial charge >= 0.3 is 0 Å². The van der Waals surface area contributed by atoms with Gasteiger partial charge in [-0.05, 0) is 6.92 Å². The summed E-state index contributed by atoms with van der Waals surface area (Å²) in [4.78, 5) is 3.97. The lowest BCUT2D eigenvalue weighted by Crippen LogP contribution is -1.97. The summed E-state index contributed by atoms with van der Waals surface area (Å²) in [6.07, 6.45) is 0. The third-order valence-corrected chi connectivity index (χ3v) is 2.62. The summed E-state index contributed by atoms with van der Waals surface area (Å²) in [6.45, 7) is 1.63. The number of fused-ring (bicyclic) bond motifs is 1. The molecule has 0 fully saturated rings. The topological polar surface area (TPSA) is 38.9 Å². The number of rotatable bonds is 0. The normalized spacial score (nSPS) is 10.9. The van der Waals surface area contributed by atoms with Crippen molar-refractivity contribution >= 4 is 28.2 Å². The third-order valence-electron chi connectivity index (χ3n) is 2.15. The first kappa shape index (κ1) is 10.1. The van der Waals surface area contributed by atoms with Crippen LogP contribution in [0.2, 0.25) is 5.02 Å². The number of halogens is 3. The molecule has 0 aliphatic heterocycles. The Morgan fingerprint density at radius 1 is 1.33 bits per heavy atom. The van der Waals surface area contributed by atoms with Crippen LogP contribution in [0.25, 0.3) is 10.9 Å². The Bertz CT molecular complexity index is 555. The molecule has 2 aromatic rings. The molecule has 0 spiro atoms. The number of nitrogens with zero attached hydrogens (tertiary/aromatic N) is 1. The zero-order valence-corrected chi connectivity index (χ0v) is 8.57. The van der Waals surface area contributed by atoms with Gasteiger partial charge in [0.2, 0.25) is 0 Å². The molecule has 1 aromatic heterocycles. The van der Waals surface area contributed by atoms with E-state index >= 15 is 0 Å². The maximum atomic E-state index is 13.4. The number of benzene rings is 1. The molecule has 0 amide bonds. The van der Waals surface area contributed by atoms with Gasteiger partial charge in [-0.3, -0.25) is 4.98 Å². The van der Waals surface area contributed by atoms with E-state index in [0.29, 0.717) is 5.69 Å². The summed E-state index contributed by atoms with van der Waals surface area (Å²) in [5.74, 6) is -1.44. The maximum Gasteiger partial charge on any atom is 0.137 e. The predicted molar refractivity (Wildman–Crippen MR) is 55.8 cm³/mol. The highest BCUT2D eigenvalue weighted by molar-refractivity contribution is 6.35. The molecule has 0 aliphatic carbocycles. The van der Waals surface area contributed by atoms with Crippen LogP contribution in [0.3, 0.4) is 0 Å². The minimum atomic E-state index is -0.753. The summed E-state index contributed by atoms with van der Waals surface area (Å²) in [5, 5.41) is 0.264. The molecule has 1 aromatic carbocycles. The molecule has 1 heterocycles. The van der Waals surface area contributed by atoms with Gasteiger partial charge in [-0.25, -0.2) is 8.78 Å². The van der Waals surface area contributed by atoms with Crippen molar-refractivity contribution in [2.75, 3.05) is 5.73 Å². The molecular formula is C10H7ClF2N2. The van der Waals surface area contributed by atoms with Crippen LogP contribution >= 0.6 is 11.6 Å². The number of nitrogens with two attached hydrogens (primary N) is 1. The van der Waals surface area contributed by atoms with Crippen LogP contribution in [0.15, 0.2) is 12.1 Å². The standard InChI is InChI=1S/C10H7ClF2N2/c1-4-9(11)10(14)8-6(13)2-5(12)3-7(8)15-4/h2-3H,1H3,(H2,14,15). The summed E-state index contributed by atoms with van der Waals surface area (Å²) in [6, 6.07) is 1.88. The predicted octanol–water partition coefficient (Wildman–Crippen LogP) is 3.06. The van der Waals surface area contributed by atoms with Gasteiger partial charge in [-0.15, -0.1) is 0 Å². The maximum absolute atomic E-state index is 13.4. The molecule has 15 heavy (non-hydrogen) atoms. The number of aromatic nitrogens is 1. The Labute approximate surface area is 89.7 Å². The van der Waals surface area contributed by atoms with Crippen LogP contribution in [0.4, 0.5) is 14.5 Å². The molecule has 0 unspecified atom stereocenters. The smallest absolute Gasteiger partial charge is 0.137 e. The molecule has 5 heteroatoms. The van der Waals surface area contributed by atoms with Crippen LogP contribution in [0.1, 0.15) is 5.69 Å². The number of anilines is 1. The molecule has 78 valence electrons. The van der Waals surface area contributed by atoms with Gasteiger partial charge in [0.1, 0.15) is 11.6 Å². The Hall–Kier alpha value is -1.42. The highest BCUT2D eigenvalue weighted by atomic mass is 35.5. The largest absolute Gasteiger partial charge is 0.397 e. The van der Waals surface area contributed by atoms with Crippen molar-refractivity contribution in [3.05, 3.63) is 34.5 Å². The third kappa shape index (κ3) is 1.51. The van der Waals surface area contributed by atoms with Crippen LogP contribution in [0.5, 0.6) is 0 Å². The lowest BCUT2D eigenvalue weighted by molar-refractivity contribution is 0.591. The first-order valence-corrected chi connectivity index (χ1v) is 4.59. The highest BCUT2D eigenvalue weighted by Crippen LogP contribution is 2.31. The van der Waals surface area contributed by atoms with Crippen LogP contribution in [-0.2, 0) is 0 Å². The first-order chi connectivity index (χ1) is 7.00. The summed E-state index contributed by atoms with van der Waals surface area (Å²) in [7, 11) is 0. The number of hydrogen-bond donors (Lipinski definition) is 1. The Morgan fingerprint density at radius 3 is 2.67 bits per heavy atom. The van der Waals surface area contributed by atoms with Crippen molar-refractivity contribution in [1.29, 1.82) is 0 Å². The second-order valence-corrected chi connectivity index (χ2v) is 3.58. The van der Waals surface area contributed by atoms with E-state index in [1.807, 2.05) is 0 Å². The second-order valence-electron chi connectivity index (χ2n) is 3.21. The van der Waals surface area contributed by atoms with Crippen molar-refractivity contribution < 1.29 is 8.78 Å². The van der Waals surface area contributed by atoms with Crippen LogP contribution in [-0.4, -0.2) is 4.98 Å². The molecule has 2 rings (SSSR count). The number of pyridine rings is 1. The number of hydrogen-bond acceptors (Lipinski definition) is 2. The average molecular weight is 229 g/mol. The van der Waals surface area contributed by atoms with E-state index in [9.17, 15) is 8.78 Å². The van der Waals surface area contributed by atoms with Crippen molar-refractivity contribution in [2.45, 2.75) is 6.92 Å². The van der Waals surface area contributed by atoms with Gasteiger partial charge in [0, 0.05) is 12.1 Å². The van der Waals surface area contributed by atoms with E-state index in [-0.39, 0.29) is 21.6 Å². The Kier molecular flexibility index (Phi) is 2.23. The van der Waals surface area contributed by atoms with E-state index in [1.54, 1.807) is 6.92 Å². The Morgan fingerprint density at radius 2 is 2.00 bits per heavy atom. The van der Waals surface area contributed by atoms with E-state index < -0.39 is 11.6 Å². The highest BCUT2D eigenvalue weighted by Gasteiger charge is 2.13. The van der Waals surface area contributed by atoms with Gasteiger partial charge < -0.3 is 5.73 Å². The van der Waals surface area contributed by atoms with Gasteiger partial charge in [-0.2, -0.15) is 0 Å². The van der Waals surface area contributed by atoms with Crippen LogP contribution in [0, 0.1) is 18.6 Å². The second kappa shape index (κ2) is 3.31. The molecule has 0 bridgehead atoms. The minimum absolute atomic E-state index is 0.0620. The van der Waals surface area contributed by atoms with E-state index in [4.69, 9.17) is 17.3 Å². The van der Waals surface area contributed by atoms with Gasteiger partial charge in [0.25, 0.3) is 0 Å². The van der Waals surface area contributed by atoms with E-state index in [1.165, 1.54) is 0 Å². The lowest BCUT2D eigenvalue weighted by atomic mass is 10.1. The van der Waals surface area contributed by atoms with Gasteiger partial charge in [-0.1, -0.05) is 11.6 Å². The molecule has 0 saturated carbocycles. The zero-order chi connectivity index (χ0) is 11.2. The van der Waals surface area contributed by atoms with Crippen molar-refractivity contribution in [3.63, 3.8) is 0 Å². The Balaban J connectivity index is 2.99. The quantitative estimate of drug-likeness (QED) is 0.753. The van der Waals surface area contributed by atoms with Gasteiger partial charge in [0.15, 0.2) is 0 Å². The molecule has 0 saturated heterocycles. The fourth-order valence-electron chi connectivity index (χ4n) is 1.45. The molecule has 0 radical (unpaired) electrons. The van der Waals surface area contributed by atoms with E-state index in [0.717, 1.165) is 12.1 Å². The monoisotopic (exact) mass is 228 g/mol. The number of nitrogen functional groups attached to an aromatic ring is 1. The fourth-order valence-corrected chi connectivity index (χ4v) is 1.59. The molecular weight excluding hydrogens is 222 g/mol. The van der Waals surface area contributed by atoms with E-state index in [2.05, 4.69) is 4.98 Å². The van der Waals surface area contributed by atoms with Crippen LogP contribution < -0.4 is 5.73 Å². The average Bonchev–Trinajstić information content (AvgIpc) is 2.13. The van der Waals surface area contributed by atoms with Crippen molar-refractivity contribution in [1.82, 2.24) is 4.98 Å². The summed E-state index contributed by atoms with van der Waals surface area (Å²) < 4.78 is 26.3. The molecule has 2 N–H and O–H groups in total. The fraction of sp³-hybridized carbons (Fsp3) is 0.100. The summed E-state index contributed by atoms with van der Waals surface area (Å²) in [5.41, 5.74) is 6.35.